The van der Waals surface area contributed by atoms with Gasteiger partial charge in [-0.05, 0) is 54.3 Å². The van der Waals surface area contributed by atoms with E-state index in [2.05, 4.69) is 19.2 Å². The summed E-state index contributed by atoms with van der Waals surface area (Å²) in [6.07, 6.45) is 0.989. The molecule has 0 spiro atoms. The quantitative estimate of drug-likeness (QED) is 0.719. The number of nitrogens with two attached hydrogens (primary N) is 1. The van der Waals surface area contributed by atoms with Crippen LogP contribution in [0.4, 0.5) is 5.69 Å². The van der Waals surface area contributed by atoms with E-state index in [1.165, 1.54) is 0 Å². The number of nitrogens with one attached hydrogen (secondary N) is 1. The van der Waals surface area contributed by atoms with Crippen molar-refractivity contribution in [1.29, 1.82) is 0 Å². The molecular formula is C20H26N2O3. The average Bonchev–Trinajstić information content (AvgIpc) is 2.60. The third-order valence-electron chi connectivity index (χ3n) is 3.81. The predicted molar refractivity (Wildman–Crippen MR) is 100.0 cm³/mol. The maximum atomic E-state index is 12.1. The van der Waals surface area contributed by atoms with Crippen molar-refractivity contribution < 1.29 is 14.3 Å². The minimum Gasteiger partial charge on any atom is -0.493 e. The summed E-state index contributed by atoms with van der Waals surface area (Å²) in [6, 6.07) is 12.5. The zero-order valence-corrected chi connectivity index (χ0v) is 15.0. The van der Waals surface area contributed by atoms with Crippen LogP contribution in [0.15, 0.2) is 42.5 Å². The molecule has 0 atom stereocenters. The summed E-state index contributed by atoms with van der Waals surface area (Å²) in [7, 11) is 1.61. The van der Waals surface area contributed by atoms with Gasteiger partial charge in [0.2, 0.25) is 0 Å². The van der Waals surface area contributed by atoms with Crippen molar-refractivity contribution in [3.63, 3.8) is 0 Å². The number of hydrogen-bond donors (Lipinski definition) is 2. The largest absolute Gasteiger partial charge is 0.493 e. The molecule has 0 aliphatic rings. The molecule has 0 unspecified atom stereocenters. The van der Waals surface area contributed by atoms with Gasteiger partial charge in [-0.2, -0.15) is 0 Å². The van der Waals surface area contributed by atoms with Gasteiger partial charge in [-0.3, -0.25) is 4.79 Å². The van der Waals surface area contributed by atoms with Crippen LogP contribution >= 0.6 is 0 Å². The van der Waals surface area contributed by atoms with Gasteiger partial charge < -0.3 is 20.5 Å². The molecule has 0 aromatic heterocycles. The lowest BCUT2D eigenvalue weighted by molar-refractivity contribution is 0.0951. The van der Waals surface area contributed by atoms with Crippen molar-refractivity contribution in [2.24, 2.45) is 5.92 Å². The Morgan fingerprint density at radius 1 is 1.12 bits per heavy atom. The molecule has 0 aliphatic heterocycles. The van der Waals surface area contributed by atoms with Crippen LogP contribution in [0.1, 0.15) is 36.2 Å². The first-order chi connectivity index (χ1) is 12.0. The number of rotatable bonds is 8. The molecule has 134 valence electrons. The van der Waals surface area contributed by atoms with Crippen LogP contribution in [0, 0.1) is 5.92 Å². The molecule has 2 aromatic rings. The predicted octanol–water partition coefficient (Wildman–Crippen LogP) is 3.63. The zero-order chi connectivity index (χ0) is 18.2. The molecule has 0 radical (unpaired) electrons. The highest BCUT2D eigenvalue weighted by Crippen LogP contribution is 2.28. The minimum atomic E-state index is -0.142. The van der Waals surface area contributed by atoms with Crippen LogP contribution in [0.2, 0.25) is 0 Å². The van der Waals surface area contributed by atoms with Gasteiger partial charge in [0, 0.05) is 17.8 Å². The standard InChI is InChI=1S/C20H26N2O3/c1-14(2)10-11-25-18-9-4-15(12-19(18)24-3)13-22-20(23)16-5-7-17(21)8-6-16/h4-9,12,14H,10-11,13,21H2,1-3H3,(H,22,23). The Balaban J connectivity index is 1.95. The van der Waals surface area contributed by atoms with Crippen LogP contribution in [-0.4, -0.2) is 19.6 Å². The molecule has 2 rings (SSSR count). The summed E-state index contributed by atoms with van der Waals surface area (Å²) < 4.78 is 11.2. The first kappa shape index (κ1) is 18.6. The Bertz CT molecular complexity index is 697. The number of hydrogen-bond acceptors (Lipinski definition) is 4. The summed E-state index contributed by atoms with van der Waals surface area (Å²) in [5.74, 6) is 1.84. The van der Waals surface area contributed by atoms with E-state index in [0.717, 1.165) is 17.7 Å². The lowest BCUT2D eigenvalue weighted by atomic mass is 10.1. The zero-order valence-electron chi connectivity index (χ0n) is 15.0. The molecule has 0 saturated carbocycles. The molecule has 1 amide bonds. The van der Waals surface area contributed by atoms with E-state index in [4.69, 9.17) is 15.2 Å². The second-order valence-corrected chi connectivity index (χ2v) is 6.32. The molecule has 5 heteroatoms. The van der Waals surface area contributed by atoms with Gasteiger partial charge in [0.25, 0.3) is 5.91 Å². The monoisotopic (exact) mass is 342 g/mol. The van der Waals surface area contributed by atoms with Gasteiger partial charge >= 0.3 is 0 Å². The van der Waals surface area contributed by atoms with Crippen LogP contribution in [0.5, 0.6) is 11.5 Å². The van der Waals surface area contributed by atoms with E-state index in [0.29, 0.717) is 36.1 Å². The highest BCUT2D eigenvalue weighted by molar-refractivity contribution is 5.94. The van der Waals surface area contributed by atoms with Gasteiger partial charge in [0.15, 0.2) is 11.5 Å². The highest BCUT2D eigenvalue weighted by atomic mass is 16.5. The van der Waals surface area contributed by atoms with Crippen molar-refractivity contribution in [2.45, 2.75) is 26.8 Å². The van der Waals surface area contributed by atoms with Crippen molar-refractivity contribution in [3.8, 4) is 11.5 Å². The molecule has 25 heavy (non-hydrogen) atoms. The topological polar surface area (TPSA) is 73.6 Å². The Kier molecular flexibility index (Phi) is 6.69. The first-order valence-electron chi connectivity index (χ1n) is 8.43. The maximum Gasteiger partial charge on any atom is 0.251 e. The SMILES string of the molecule is COc1cc(CNC(=O)c2ccc(N)cc2)ccc1OCCC(C)C. The Labute approximate surface area is 149 Å². The number of carbonyl (C=O) groups excluding carboxylic acids is 1. The number of benzene rings is 2. The van der Waals surface area contributed by atoms with Crippen molar-refractivity contribution in [3.05, 3.63) is 53.6 Å². The van der Waals surface area contributed by atoms with Crippen LogP contribution in [0.25, 0.3) is 0 Å². The smallest absolute Gasteiger partial charge is 0.251 e. The highest BCUT2D eigenvalue weighted by Gasteiger charge is 2.09. The van der Waals surface area contributed by atoms with E-state index in [1.807, 2.05) is 18.2 Å². The summed E-state index contributed by atoms with van der Waals surface area (Å²) in [6.45, 7) is 5.38. The van der Waals surface area contributed by atoms with Crippen LogP contribution in [-0.2, 0) is 6.54 Å². The number of ether oxygens (including phenoxy) is 2. The van der Waals surface area contributed by atoms with Gasteiger partial charge in [-0.25, -0.2) is 0 Å². The van der Waals surface area contributed by atoms with Crippen molar-refractivity contribution >= 4 is 11.6 Å². The van der Waals surface area contributed by atoms with E-state index in [1.54, 1.807) is 31.4 Å². The molecule has 0 aliphatic carbocycles. The van der Waals surface area contributed by atoms with Crippen molar-refractivity contribution in [2.75, 3.05) is 19.5 Å². The van der Waals surface area contributed by atoms with Gasteiger partial charge in [-0.1, -0.05) is 19.9 Å². The van der Waals surface area contributed by atoms with Crippen LogP contribution < -0.4 is 20.5 Å². The second-order valence-electron chi connectivity index (χ2n) is 6.32. The molecule has 2 aromatic carbocycles. The van der Waals surface area contributed by atoms with Gasteiger partial charge in [0.1, 0.15) is 0 Å². The molecule has 0 saturated heterocycles. The summed E-state index contributed by atoms with van der Waals surface area (Å²) >= 11 is 0. The lowest BCUT2D eigenvalue weighted by Crippen LogP contribution is -2.22. The number of nitrogen functional groups attached to an aromatic ring is 1. The minimum absolute atomic E-state index is 0.142. The molecule has 0 heterocycles. The fraction of sp³-hybridized carbons (Fsp3) is 0.350. The molecular weight excluding hydrogens is 316 g/mol. The average molecular weight is 342 g/mol. The Morgan fingerprint density at radius 2 is 1.84 bits per heavy atom. The Hall–Kier alpha value is -2.69. The maximum absolute atomic E-state index is 12.1. The van der Waals surface area contributed by atoms with Crippen molar-refractivity contribution in [1.82, 2.24) is 5.32 Å². The molecule has 0 fully saturated rings. The van der Waals surface area contributed by atoms with Crippen LogP contribution in [0.3, 0.4) is 0 Å². The normalized spacial score (nSPS) is 10.6. The first-order valence-corrected chi connectivity index (χ1v) is 8.43. The third-order valence-corrected chi connectivity index (χ3v) is 3.81. The summed E-state index contributed by atoms with van der Waals surface area (Å²) in [5.41, 5.74) is 7.79. The summed E-state index contributed by atoms with van der Waals surface area (Å²) in [5, 5.41) is 2.89. The van der Waals surface area contributed by atoms with Gasteiger partial charge in [-0.15, -0.1) is 0 Å². The van der Waals surface area contributed by atoms with E-state index >= 15 is 0 Å². The van der Waals surface area contributed by atoms with E-state index in [9.17, 15) is 4.79 Å². The number of amides is 1. The molecule has 0 bridgehead atoms. The van der Waals surface area contributed by atoms with E-state index in [-0.39, 0.29) is 5.91 Å². The summed E-state index contributed by atoms with van der Waals surface area (Å²) in [4.78, 5) is 12.1. The van der Waals surface area contributed by atoms with Gasteiger partial charge in [0.05, 0.1) is 13.7 Å². The fourth-order valence-corrected chi connectivity index (χ4v) is 2.26. The Morgan fingerprint density at radius 3 is 2.48 bits per heavy atom. The lowest BCUT2D eigenvalue weighted by Gasteiger charge is -2.13. The molecule has 3 N–H and O–H groups in total. The second kappa shape index (κ2) is 8.97. The third kappa shape index (κ3) is 5.71. The fourth-order valence-electron chi connectivity index (χ4n) is 2.26. The number of carbonyl (C=O) groups is 1. The van der Waals surface area contributed by atoms with E-state index < -0.39 is 0 Å². The molecule has 5 nitrogen and oxygen atoms in total. The number of anilines is 1. The number of methoxy groups -OCH3 is 1.